The number of rotatable bonds is 6. The predicted octanol–water partition coefficient (Wildman–Crippen LogP) is 0.885. The summed E-state index contributed by atoms with van der Waals surface area (Å²) in [6.45, 7) is 5.57. The summed E-state index contributed by atoms with van der Waals surface area (Å²) < 4.78 is 0. The number of nitrogens with zero attached hydrogens (tertiary/aromatic N) is 3. The summed E-state index contributed by atoms with van der Waals surface area (Å²) >= 11 is 0. The van der Waals surface area contributed by atoms with Gasteiger partial charge in [-0.2, -0.15) is 5.06 Å². The van der Waals surface area contributed by atoms with Crippen molar-refractivity contribution in [3.8, 4) is 0 Å². The number of piperidine rings is 2. The Labute approximate surface area is 162 Å². The Kier molecular flexibility index (Phi) is 8.60. The van der Waals surface area contributed by atoms with Crippen LogP contribution in [-0.2, 0) is 14.4 Å². The first-order chi connectivity index (χ1) is 12.2. The second kappa shape index (κ2) is 10.4. The molecule has 0 saturated carbocycles. The Morgan fingerprint density at radius 3 is 2.81 bits per heavy atom. The molecule has 1 N–H and O–H groups in total. The average molecular weight is 389 g/mol. The van der Waals surface area contributed by atoms with Crippen LogP contribution < -0.4 is 5.32 Å². The van der Waals surface area contributed by atoms with Crippen molar-refractivity contribution in [1.82, 2.24) is 20.2 Å². The van der Waals surface area contributed by atoms with E-state index in [1.54, 1.807) is 0 Å². The molecule has 3 heterocycles. The van der Waals surface area contributed by atoms with E-state index in [1.165, 1.54) is 0 Å². The van der Waals surface area contributed by atoms with Gasteiger partial charge in [0.1, 0.15) is 0 Å². The fourth-order valence-corrected chi connectivity index (χ4v) is 4.30. The molecule has 0 bridgehead atoms. The molecule has 0 aromatic heterocycles. The number of hydrogen-bond acceptors (Lipinski definition) is 5. The van der Waals surface area contributed by atoms with Crippen LogP contribution in [-0.4, -0.2) is 85.6 Å². The highest BCUT2D eigenvalue weighted by Gasteiger charge is 2.39. The normalized spacial score (nSPS) is 27.0. The van der Waals surface area contributed by atoms with Crippen LogP contribution in [0.25, 0.3) is 0 Å². The fourth-order valence-electron chi connectivity index (χ4n) is 4.30. The minimum Gasteiger partial charge on any atom is -0.342 e. The number of nitrogens with one attached hydrogen (secondary N) is 1. The number of hydroxylamine groups is 2. The van der Waals surface area contributed by atoms with E-state index < -0.39 is 0 Å². The third-order valence-corrected chi connectivity index (χ3v) is 5.75. The number of halogens is 1. The SMILES string of the molecule is CNCCN1C(=O)CC[C@H]2CN(C(=O)CCN3CCCCO3)CC[C@H]21.Cl. The maximum Gasteiger partial charge on any atom is 0.223 e. The standard InChI is InChI=1S/C18H32N4O3.ClH/c1-19-8-12-22-16-6-10-20(14-15(16)4-5-18(22)24)17(23)7-11-21-9-2-3-13-25-21;/h15-16,19H,2-14H2,1H3;1H/t15-,16+;/m0./s1. The Morgan fingerprint density at radius 1 is 1.23 bits per heavy atom. The van der Waals surface area contributed by atoms with E-state index in [0.717, 1.165) is 65.0 Å². The molecule has 0 unspecified atom stereocenters. The summed E-state index contributed by atoms with van der Waals surface area (Å²) in [6, 6.07) is 0.309. The van der Waals surface area contributed by atoms with Gasteiger partial charge in [0.2, 0.25) is 11.8 Å². The quantitative estimate of drug-likeness (QED) is 0.732. The van der Waals surface area contributed by atoms with Crippen LogP contribution in [0.5, 0.6) is 0 Å². The number of carbonyl (C=O) groups is 2. The van der Waals surface area contributed by atoms with Gasteiger partial charge in [-0.1, -0.05) is 0 Å². The molecule has 7 nitrogen and oxygen atoms in total. The molecule has 0 radical (unpaired) electrons. The molecule has 0 aromatic rings. The maximum atomic E-state index is 12.6. The molecule has 0 spiro atoms. The molecule has 3 fully saturated rings. The molecule has 3 rings (SSSR count). The second-order valence-electron chi connectivity index (χ2n) is 7.40. The number of likely N-dealkylation sites (N-methyl/N-ethyl adjacent to an activating group) is 1. The summed E-state index contributed by atoms with van der Waals surface area (Å²) in [7, 11) is 1.92. The zero-order valence-electron chi connectivity index (χ0n) is 15.8. The van der Waals surface area contributed by atoms with E-state index in [0.29, 0.717) is 31.3 Å². The zero-order valence-corrected chi connectivity index (χ0v) is 16.6. The fraction of sp³-hybridized carbons (Fsp3) is 0.889. The Bertz CT molecular complexity index is 473. The van der Waals surface area contributed by atoms with Gasteiger partial charge < -0.3 is 15.1 Å². The van der Waals surface area contributed by atoms with Crippen molar-refractivity contribution < 1.29 is 14.4 Å². The monoisotopic (exact) mass is 388 g/mol. The number of fused-ring (bicyclic) bond motifs is 1. The van der Waals surface area contributed by atoms with Gasteiger partial charge in [-0.25, -0.2) is 0 Å². The van der Waals surface area contributed by atoms with Gasteiger partial charge in [-0.15, -0.1) is 12.4 Å². The number of carbonyl (C=O) groups excluding carboxylic acids is 2. The van der Waals surface area contributed by atoms with Crippen LogP contribution >= 0.6 is 12.4 Å². The van der Waals surface area contributed by atoms with E-state index in [-0.39, 0.29) is 24.2 Å². The molecular weight excluding hydrogens is 356 g/mol. The van der Waals surface area contributed by atoms with Crippen molar-refractivity contribution in [2.45, 2.75) is 44.6 Å². The average Bonchev–Trinajstić information content (AvgIpc) is 2.66. The minimum absolute atomic E-state index is 0. The number of hydrogen-bond donors (Lipinski definition) is 1. The van der Waals surface area contributed by atoms with Gasteiger partial charge in [0.25, 0.3) is 0 Å². The Morgan fingerprint density at radius 2 is 2.08 bits per heavy atom. The summed E-state index contributed by atoms with van der Waals surface area (Å²) in [5, 5.41) is 5.07. The van der Waals surface area contributed by atoms with Crippen molar-refractivity contribution in [3.05, 3.63) is 0 Å². The minimum atomic E-state index is 0. The number of amides is 2. The van der Waals surface area contributed by atoms with Gasteiger partial charge in [-0.3, -0.25) is 14.4 Å². The molecule has 0 aromatic carbocycles. The van der Waals surface area contributed by atoms with Gasteiger partial charge >= 0.3 is 0 Å². The molecule has 150 valence electrons. The van der Waals surface area contributed by atoms with Crippen molar-refractivity contribution >= 4 is 24.2 Å². The van der Waals surface area contributed by atoms with Gasteiger partial charge in [-0.05, 0) is 38.6 Å². The molecule has 0 aliphatic carbocycles. The summed E-state index contributed by atoms with van der Waals surface area (Å²) in [6.07, 6.45) is 5.24. The van der Waals surface area contributed by atoms with Crippen LogP contribution in [0.1, 0.15) is 38.5 Å². The zero-order chi connectivity index (χ0) is 17.6. The molecule has 3 aliphatic rings. The highest BCUT2D eigenvalue weighted by molar-refractivity contribution is 5.85. The third kappa shape index (κ3) is 5.31. The first-order valence-electron chi connectivity index (χ1n) is 9.78. The molecular formula is C18H33ClN4O3. The number of likely N-dealkylation sites (tertiary alicyclic amines) is 2. The van der Waals surface area contributed by atoms with Gasteiger partial charge in [0.05, 0.1) is 6.61 Å². The van der Waals surface area contributed by atoms with Crippen molar-refractivity contribution in [2.24, 2.45) is 5.92 Å². The van der Waals surface area contributed by atoms with Crippen LogP contribution in [0.2, 0.25) is 0 Å². The van der Waals surface area contributed by atoms with Crippen LogP contribution in [0.4, 0.5) is 0 Å². The topological polar surface area (TPSA) is 65.1 Å². The summed E-state index contributed by atoms with van der Waals surface area (Å²) in [5.74, 6) is 0.934. The third-order valence-electron chi connectivity index (χ3n) is 5.75. The molecule has 2 amide bonds. The van der Waals surface area contributed by atoms with Gasteiger partial charge in [0.15, 0.2) is 0 Å². The molecule has 3 aliphatic heterocycles. The smallest absolute Gasteiger partial charge is 0.223 e. The van der Waals surface area contributed by atoms with E-state index in [1.807, 2.05) is 21.9 Å². The molecule has 3 saturated heterocycles. The first-order valence-corrected chi connectivity index (χ1v) is 9.78. The highest BCUT2D eigenvalue weighted by Crippen LogP contribution is 2.31. The first kappa shape index (κ1) is 21.4. The molecule has 26 heavy (non-hydrogen) atoms. The lowest BCUT2D eigenvalue weighted by Crippen LogP contribution is -2.57. The van der Waals surface area contributed by atoms with Crippen LogP contribution in [0.3, 0.4) is 0 Å². The van der Waals surface area contributed by atoms with E-state index >= 15 is 0 Å². The van der Waals surface area contributed by atoms with Crippen molar-refractivity contribution in [3.63, 3.8) is 0 Å². The Hall–Kier alpha value is -0.890. The van der Waals surface area contributed by atoms with Crippen LogP contribution in [0.15, 0.2) is 0 Å². The van der Waals surface area contributed by atoms with Crippen molar-refractivity contribution in [1.29, 1.82) is 0 Å². The van der Waals surface area contributed by atoms with E-state index in [2.05, 4.69) is 5.32 Å². The lowest BCUT2D eigenvalue weighted by Gasteiger charge is -2.47. The summed E-state index contributed by atoms with van der Waals surface area (Å²) in [5.41, 5.74) is 0. The van der Waals surface area contributed by atoms with Crippen molar-refractivity contribution in [2.75, 3.05) is 52.9 Å². The maximum absolute atomic E-state index is 12.6. The summed E-state index contributed by atoms with van der Waals surface area (Å²) in [4.78, 5) is 34.5. The molecule has 2 atom stereocenters. The second-order valence-corrected chi connectivity index (χ2v) is 7.40. The Balaban J connectivity index is 0.00000243. The lowest BCUT2D eigenvalue weighted by molar-refractivity contribution is -0.183. The molecule has 8 heteroatoms. The predicted molar refractivity (Wildman–Crippen MR) is 102 cm³/mol. The van der Waals surface area contributed by atoms with E-state index in [4.69, 9.17) is 4.84 Å². The lowest BCUT2D eigenvalue weighted by atomic mass is 9.83. The van der Waals surface area contributed by atoms with Gasteiger partial charge in [0, 0.05) is 58.2 Å². The largest absolute Gasteiger partial charge is 0.342 e. The van der Waals surface area contributed by atoms with Crippen LogP contribution in [0, 0.1) is 5.92 Å². The van der Waals surface area contributed by atoms with E-state index in [9.17, 15) is 9.59 Å². The highest BCUT2D eigenvalue weighted by atomic mass is 35.5.